The number of ether oxygens (including phenoxy) is 1. The summed E-state index contributed by atoms with van der Waals surface area (Å²) in [6, 6.07) is 9.10. The maximum atomic E-state index is 11.2. The molecule has 0 spiro atoms. The van der Waals surface area contributed by atoms with Crippen LogP contribution in [0.15, 0.2) is 30.3 Å². The highest BCUT2D eigenvalue weighted by Gasteiger charge is 2.00. The molecule has 0 radical (unpaired) electrons. The van der Waals surface area contributed by atoms with E-state index in [-0.39, 0.29) is 5.97 Å². The van der Waals surface area contributed by atoms with Crippen molar-refractivity contribution in [2.24, 2.45) is 0 Å². The van der Waals surface area contributed by atoms with Gasteiger partial charge in [0.25, 0.3) is 0 Å². The molecule has 0 saturated carbocycles. The fourth-order valence-electron chi connectivity index (χ4n) is 1.25. The number of benzene rings is 1. The van der Waals surface area contributed by atoms with Crippen LogP contribution in [0.2, 0.25) is 0 Å². The smallest absolute Gasteiger partial charge is 0.331 e. The topological polar surface area (TPSA) is 50.1 Å². The zero-order valence-corrected chi connectivity index (χ0v) is 9.36. The van der Waals surface area contributed by atoms with Crippen LogP contribution in [0, 0.1) is 11.3 Å². The van der Waals surface area contributed by atoms with E-state index < -0.39 is 0 Å². The van der Waals surface area contributed by atoms with Gasteiger partial charge in [0, 0.05) is 6.08 Å². The molecule has 82 valence electrons. The van der Waals surface area contributed by atoms with Crippen LogP contribution in [-0.2, 0) is 9.53 Å². The molecule has 0 unspecified atom stereocenters. The molecular formula is C13H13NO2. The molecule has 0 aromatic heterocycles. The fourth-order valence-corrected chi connectivity index (χ4v) is 1.25. The van der Waals surface area contributed by atoms with E-state index in [0.29, 0.717) is 12.2 Å². The van der Waals surface area contributed by atoms with Crippen molar-refractivity contribution in [3.8, 4) is 6.07 Å². The molecule has 0 aliphatic heterocycles. The van der Waals surface area contributed by atoms with Gasteiger partial charge >= 0.3 is 5.97 Å². The van der Waals surface area contributed by atoms with Crippen molar-refractivity contribution in [2.75, 3.05) is 6.61 Å². The van der Waals surface area contributed by atoms with Gasteiger partial charge in [-0.1, -0.05) is 12.1 Å². The van der Waals surface area contributed by atoms with Crippen molar-refractivity contribution in [2.45, 2.75) is 13.8 Å². The lowest BCUT2D eigenvalue weighted by Crippen LogP contribution is -2.00. The average Bonchev–Trinajstić information content (AvgIpc) is 2.29. The highest BCUT2D eigenvalue weighted by atomic mass is 16.5. The predicted molar refractivity (Wildman–Crippen MR) is 61.4 cm³/mol. The first-order chi connectivity index (χ1) is 7.67. The van der Waals surface area contributed by atoms with Gasteiger partial charge in [-0.15, -0.1) is 0 Å². The van der Waals surface area contributed by atoms with Crippen molar-refractivity contribution in [1.82, 2.24) is 0 Å². The number of carbonyl (C=O) groups is 1. The van der Waals surface area contributed by atoms with E-state index >= 15 is 0 Å². The molecule has 0 atom stereocenters. The molecule has 0 saturated heterocycles. The van der Waals surface area contributed by atoms with Gasteiger partial charge in [0.15, 0.2) is 0 Å². The Bertz CT molecular complexity index is 438. The van der Waals surface area contributed by atoms with Gasteiger partial charge in [0.2, 0.25) is 0 Å². The summed E-state index contributed by atoms with van der Waals surface area (Å²) in [4.78, 5) is 11.2. The third kappa shape index (κ3) is 3.25. The fraction of sp³-hybridized carbons (Fsp3) is 0.231. The molecule has 0 bridgehead atoms. The Balaban J connectivity index is 2.84. The van der Waals surface area contributed by atoms with Crippen LogP contribution in [0.4, 0.5) is 0 Å². The van der Waals surface area contributed by atoms with Crippen LogP contribution < -0.4 is 0 Å². The van der Waals surface area contributed by atoms with Crippen LogP contribution in [0.1, 0.15) is 25.0 Å². The first-order valence-electron chi connectivity index (χ1n) is 5.03. The van der Waals surface area contributed by atoms with Gasteiger partial charge in [0.1, 0.15) is 0 Å². The van der Waals surface area contributed by atoms with Gasteiger partial charge in [-0.25, -0.2) is 4.79 Å². The Kier molecular flexibility index (Phi) is 4.28. The van der Waals surface area contributed by atoms with E-state index in [1.54, 1.807) is 19.1 Å². The van der Waals surface area contributed by atoms with Gasteiger partial charge in [-0.2, -0.15) is 5.26 Å². The Morgan fingerprint density at radius 1 is 1.44 bits per heavy atom. The van der Waals surface area contributed by atoms with Crippen LogP contribution in [0.25, 0.3) is 5.57 Å². The van der Waals surface area contributed by atoms with Gasteiger partial charge in [0.05, 0.1) is 18.2 Å². The molecular weight excluding hydrogens is 202 g/mol. The Morgan fingerprint density at radius 3 is 2.56 bits per heavy atom. The SMILES string of the molecule is CCOC(=O)/C=C(/C)c1ccc(C#N)cc1. The molecule has 0 fully saturated rings. The minimum atomic E-state index is -0.343. The lowest BCUT2D eigenvalue weighted by atomic mass is 10.1. The van der Waals surface area contributed by atoms with Crippen molar-refractivity contribution in [3.05, 3.63) is 41.5 Å². The first kappa shape index (κ1) is 12.0. The monoisotopic (exact) mass is 215 g/mol. The molecule has 0 aliphatic carbocycles. The third-order valence-electron chi connectivity index (χ3n) is 2.09. The van der Waals surface area contributed by atoms with E-state index in [2.05, 4.69) is 0 Å². The second kappa shape index (κ2) is 5.72. The Hall–Kier alpha value is -2.08. The molecule has 1 aromatic rings. The summed E-state index contributed by atoms with van der Waals surface area (Å²) in [5.74, 6) is -0.343. The normalized spacial score (nSPS) is 10.7. The van der Waals surface area contributed by atoms with E-state index in [9.17, 15) is 4.79 Å². The summed E-state index contributed by atoms with van der Waals surface area (Å²) < 4.78 is 4.81. The van der Waals surface area contributed by atoms with Crippen molar-refractivity contribution in [3.63, 3.8) is 0 Å². The van der Waals surface area contributed by atoms with Crippen molar-refractivity contribution < 1.29 is 9.53 Å². The summed E-state index contributed by atoms with van der Waals surface area (Å²) in [5, 5.41) is 8.64. The predicted octanol–water partition coefficient (Wildman–Crippen LogP) is 2.52. The Labute approximate surface area is 95.0 Å². The lowest BCUT2D eigenvalue weighted by Gasteiger charge is -2.01. The molecule has 1 rings (SSSR count). The number of esters is 1. The molecule has 16 heavy (non-hydrogen) atoms. The van der Waals surface area contributed by atoms with Crippen LogP contribution in [-0.4, -0.2) is 12.6 Å². The number of nitriles is 1. The minimum absolute atomic E-state index is 0.343. The number of nitrogens with zero attached hydrogens (tertiary/aromatic N) is 1. The maximum Gasteiger partial charge on any atom is 0.331 e. The number of hydrogen-bond acceptors (Lipinski definition) is 3. The molecule has 0 heterocycles. The standard InChI is InChI=1S/C13H13NO2/c1-3-16-13(15)8-10(2)12-6-4-11(9-14)5-7-12/h4-8H,3H2,1-2H3/b10-8-. The quantitative estimate of drug-likeness (QED) is 0.575. The highest BCUT2D eigenvalue weighted by molar-refractivity contribution is 5.90. The van der Waals surface area contributed by atoms with Crippen molar-refractivity contribution >= 4 is 11.5 Å². The van der Waals surface area contributed by atoms with Gasteiger partial charge in [-0.05, 0) is 37.1 Å². The van der Waals surface area contributed by atoms with E-state index in [0.717, 1.165) is 11.1 Å². The van der Waals surface area contributed by atoms with E-state index in [1.165, 1.54) is 6.08 Å². The first-order valence-corrected chi connectivity index (χ1v) is 5.03. The van der Waals surface area contributed by atoms with Crippen LogP contribution >= 0.6 is 0 Å². The number of allylic oxidation sites excluding steroid dienone is 1. The summed E-state index contributed by atoms with van der Waals surface area (Å²) in [6.45, 7) is 3.97. The zero-order valence-electron chi connectivity index (χ0n) is 9.36. The second-order valence-electron chi connectivity index (χ2n) is 3.27. The summed E-state index contributed by atoms with van der Waals surface area (Å²) in [6.07, 6.45) is 1.45. The highest BCUT2D eigenvalue weighted by Crippen LogP contribution is 2.14. The molecule has 0 aliphatic rings. The summed E-state index contributed by atoms with van der Waals surface area (Å²) in [5.41, 5.74) is 2.34. The Morgan fingerprint density at radius 2 is 2.06 bits per heavy atom. The molecule has 3 heteroatoms. The summed E-state index contributed by atoms with van der Waals surface area (Å²) in [7, 11) is 0. The second-order valence-corrected chi connectivity index (χ2v) is 3.27. The number of hydrogen-bond donors (Lipinski definition) is 0. The molecule has 0 N–H and O–H groups in total. The third-order valence-corrected chi connectivity index (χ3v) is 2.09. The number of carbonyl (C=O) groups excluding carboxylic acids is 1. The van der Waals surface area contributed by atoms with Gasteiger partial charge in [-0.3, -0.25) is 0 Å². The average molecular weight is 215 g/mol. The largest absolute Gasteiger partial charge is 0.463 e. The molecule has 1 aromatic carbocycles. The lowest BCUT2D eigenvalue weighted by molar-refractivity contribution is -0.137. The summed E-state index contributed by atoms with van der Waals surface area (Å²) >= 11 is 0. The zero-order chi connectivity index (χ0) is 12.0. The number of rotatable bonds is 3. The van der Waals surface area contributed by atoms with Gasteiger partial charge < -0.3 is 4.74 Å². The molecule has 3 nitrogen and oxygen atoms in total. The maximum absolute atomic E-state index is 11.2. The van der Waals surface area contributed by atoms with E-state index in [1.807, 2.05) is 25.1 Å². The molecule has 0 amide bonds. The van der Waals surface area contributed by atoms with Crippen molar-refractivity contribution in [1.29, 1.82) is 5.26 Å². The van der Waals surface area contributed by atoms with E-state index in [4.69, 9.17) is 10.00 Å². The van der Waals surface area contributed by atoms with Crippen LogP contribution in [0.3, 0.4) is 0 Å². The van der Waals surface area contributed by atoms with Crippen LogP contribution in [0.5, 0.6) is 0 Å². The minimum Gasteiger partial charge on any atom is -0.463 e.